The average Bonchev–Trinajstić information content (AvgIpc) is 3.33. The molecule has 1 fully saturated rings. The Morgan fingerprint density at radius 1 is 1.03 bits per heavy atom. The molecule has 1 aliphatic rings. The molecule has 9 heteroatoms. The summed E-state index contributed by atoms with van der Waals surface area (Å²) in [6, 6.07) is 21.6. The maximum atomic E-state index is 13.2. The van der Waals surface area contributed by atoms with Gasteiger partial charge in [0.25, 0.3) is 5.91 Å². The van der Waals surface area contributed by atoms with Crippen molar-refractivity contribution in [3.63, 3.8) is 0 Å². The predicted molar refractivity (Wildman–Crippen MR) is 139 cm³/mol. The van der Waals surface area contributed by atoms with E-state index >= 15 is 0 Å². The zero-order valence-corrected chi connectivity index (χ0v) is 20.8. The molecular formula is C27H28N4O4S. The number of aryl methyl sites for hydroxylation is 1. The fourth-order valence-electron chi connectivity index (χ4n) is 4.45. The van der Waals surface area contributed by atoms with Crippen molar-refractivity contribution in [2.75, 3.05) is 25.0 Å². The third-order valence-corrected chi connectivity index (χ3v) is 8.39. The van der Waals surface area contributed by atoms with Crippen molar-refractivity contribution in [1.82, 2.24) is 14.3 Å². The van der Waals surface area contributed by atoms with Crippen LogP contribution in [0.5, 0.6) is 5.75 Å². The van der Waals surface area contributed by atoms with Gasteiger partial charge >= 0.3 is 0 Å². The first kappa shape index (κ1) is 24.0. The highest BCUT2D eigenvalue weighted by atomic mass is 32.2. The normalized spacial score (nSPS) is 15.1. The zero-order chi connectivity index (χ0) is 25.1. The number of piperidine rings is 1. The number of ether oxygens (including phenoxy) is 1. The molecular weight excluding hydrogens is 476 g/mol. The molecule has 1 saturated heterocycles. The lowest BCUT2D eigenvalue weighted by molar-refractivity contribution is -0.118. The summed E-state index contributed by atoms with van der Waals surface area (Å²) in [5.41, 5.74) is 3.38. The van der Waals surface area contributed by atoms with Gasteiger partial charge in [-0.15, -0.1) is 0 Å². The Kier molecular flexibility index (Phi) is 6.75. The van der Waals surface area contributed by atoms with Crippen LogP contribution in [0, 0.1) is 6.92 Å². The number of benzene rings is 3. The molecule has 2 N–H and O–H groups in total. The van der Waals surface area contributed by atoms with Gasteiger partial charge in [0.05, 0.1) is 15.9 Å². The summed E-state index contributed by atoms with van der Waals surface area (Å²) in [6.07, 6.45) is 1.40. The number of nitrogens with one attached hydrogen (secondary N) is 2. The minimum absolute atomic E-state index is 0.134. The van der Waals surface area contributed by atoms with E-state index in [0.717, 1.165) is 22.4 Å². The Balaban J connectivity index is 1.17. The van der Waals surface area contributed by atoms with E-state index in [2.05, 4.69) is 15.3 Å². The monoisotopic (exact) mass is 504 g/mol. The number of imidazole rings is 1. The first-order chi connectivity index (χ1) is 17.4. The van der Waals surface area contributed by atoms with E-state index in [9.17, 15) is 13.2 Å². The number of nitrogens with zero attached hydrogens (tertiary/aromatic N) is 2. The largest absolute Gasteiger partial charge is 0.483 e. The number of rotatable bonds is 7. The Bertz CT molecular complexity index is 1440. The van der Waals surface area contributed by atoms with E-state index in [-0.39, 0.29) is 23.3 Å². The van der Waals surface area contributed by atoms with Crippen molar-refractivity contribution in [3.05, 3.63) is 84.2 Å². The standard InChI is InChI=1S/C27H28N4O4S/c1-19-6-2-5-9-25(19)35-18-26(32)28-21-10-12-22(13-11-21)36(33,34)31-16-14-20(15-17-31)27-29-23-7-3-4-8-24(23)30-27/h2-13,20H,14-18H2,1H3,(H,28,32)(H,29,30). The Morgan fingerprint density at radius 3 is 2.44 bits per heavy atom. The van der Waals surface area contributed by atoms with Crippen molar-refractivity contribution < 1.29 is 17.9 Å². The van der Waals surface area contributed by atoms with E-state index < -0.39 is 10.0 Å². The average molecular weight is 505 g/mol. The van der Waals surface area contributed by atoms with E-state index in [1.165, 1.54) is 16.4 Å². The third kappa shape index (κ3) is 5.12. The van der Waals surface area contributed by atoms with Crippen LogP contribution in [0.25, 0.3) is 11.0 Å². The number of aromatic nitrogens is 2. The van der Waals surface area contributed by atoms with Crippen LogP contribution < -0.4 is 10.1 Å². The molecule has 4 aromatic rings. The number of fused-ring (bicyclic) bond motifs is 1. The van der Waals surface area contributed by atoms with Crippen LogP contribution in [0.3, 0.4) is 0 Å². The topological polar surface area (TPSA) is 104 Å². The van der Waals surface area contributed by atoms with Crippen molar-refractivity contribution in [2.24, 2.45) is 0 Å². The molecule has 0 atom stereocenters. The number of H-pyrrole nitrogens is 1. The second-order valence-corrected chi connectivity index (χ2v) is 10.9. The van der Waals surface area contributed by atoms with Crippen molar-refractivity contribution in [2.45, 2.75) is 30.6 Å². The molecule has 1 aliphatic heterocycles. The molecule has 186 valence electrons. The number of aromatic amines is 1. The molecule has 1 aromatic heterocycles. The van der Waals surface area contributed by atoms with Crippen LogP contribution in [0.1, 0.15) is 30.1 Å². The molecule has 36 heavy (non-hydrogen) atoms. The number of hydrogen-bond donors (Lipinski definition) is 2. The molecule has 0 saturated carbocycles. The van der Waals surface area contributed by atoms with Crippen LogP contribution in [-0.4, -0.2) is 48.3 Å². The van der Waals surface area contributed by atoms with E-state index in [1.54, 1.807) is 12.1 Å². The SMILES string of the molecule is Cc1ccccc1OCC(=O)Nc1ccc(S(=O)(=O)N2CCC(c3nc4ccccc4[nH]3)CC2)cc1. The molecule has 3 aromatic carbocycles. The number of para-hydroxylation sites is 3. The number of sulfonamides is 1. The van der Waals surface area contributed by atoms with Gasteiger partial charge in [0.2, 0.25) is 10.0 Å². The summed E-state index contributed by atoms with van der Waals surface area (Å²) in [5.74, 6) is 1.45. The van der Waals surface area contributed by atoms with Crippen LogP contribution in [0.4, 0.5) is 5.69 Å². The third-order valence-electron chi connectivity index (χ3n) is 6.48. The highest BCUT2D eigenvalue weighted by molar-refractivity contribution is 7.89. The first-order valence-electron chi connectivity index (χ1n) is 11.9. The van der Waals surface area contributed by atoms with Gasteiger partial charge < -0.3 is 15.0 Å². The maximum absolute atomic E-state index is 13.2. The van der Waals surface area contributed by atoms with Gasteiger partial charge in [-0.1, -0.05) is 30.3 Å². The van der Waals surface area contributed by atoms with Crippen molar-refractivity contribution >= 4 is 32.7 Å². The van der Waals surface area contributed by atoms with Gasteiger partial charge in [0, 0.05) is 24.7 Å². The van der Waals surface area contributed by atoms with Gasteiger partial charge in [0.1, 0.15) is 11.6 Å². The molecule has 0 radical (unpaired) electrons. The molecule has 8 nitrogen and oxygen atoms in total. The van der Waals surface area contributed by atoms with Gasteiger partial charge in [0.15, 0.2) is 6.61 Å². The number of carbonyl (C=O) groups is 1. The minimum atomic E-state index is -3.62. The predicted octanol–water partition coefficient (Wildman–Crippen LogP) is 4.46. The van der Waals surface area contributed by atoms with Crippen LogP contribution in [0.15, 0.2) is 77.7 Å². The Hall–Kier alpha value is -3.69. The summed E-state index contributed by atoms with van der Waals surface area (Å²) in [6.45, 7) is 2.64. The van der Waals surface area contributed by atoms with Crippen LogP contribution in [-0.2, 0) is 14.8 Å². The van der Waals surface area contributed by atoms with E-state index in [4.69, 9.17) is 4.74 Å². The maximum Gasteiger partial charge on any atom is 0.262 e. The highest BCUT2D eigenvalue weighted by Gasteiger charge is 2.31. The van der Waals surface area contributed by atoms with Gasteiger partial charge in [-0.3, -0.25) is 4.79 Å². The van der Waals surface area contributed by atoms with Gasteiger partial charge in [-0.25, -0.2) is 13.4 Å². The highest BCUT2D eigenvalue weighted by Crippen LogP contribution is 2.30. The van der Waals surface area contributed by atoms with E-state index in [1.807, 2.05) is 55.5 Å². The number of hydrogen-bond acceptors (Lipinski definition) is 5. The van der Waals surface area contributed by atoms with Crippen LogP contribution >= 0.6 is 0 Å². The number of carbonyl (C=O) groups excluding carboxylic acids is 1. The van der Waals surface area contributed by atoms with Crippen LogP contribution in [0.2, 0.25) is 0 Å². The summed E-state index contributed by atoms with van der Waals surface area (Å²) in [5, 5.41) is 2.74. The van der Waals surface area contributed by atoms with Crippen molar-refractivity contribution in [3.8, 4) is 5.75 Å². The summed E-state index contributed by atoms with van der Waals surface area (Å²) in [4.78, 5) is 20.5. The van der Waals surface area contributed by atoms with Gasteiger partial charge in [-0.05, 0) is 67.8 Å². The summed E-state index contributed by atoms with van der Waals surface area (Å²) in [7, 11) is -3.62. The first-order valence-corrected chi connectivity index (χ1v) is 13.4. The summed E-state index contributed by atoms with van der Waals surface area (Å²) >= 11 is 0. The smallest absolute Gasteiger partial charge is 0.262 e. The Morgan fingerprint density at radius 2 is 1.72 bits per heavy atom. The molecule has 0 spiro atoms. The summed E-state index contributed by atoms with van der Waals surface area (Å²) < 4.78 is 33.5. The number of amides is 1. The zero-order valence-electron chi connectivity index (χ0n) is 20.0. The fourth-order valence-corrected chi connectivity index (χ4v) is 5.92. The second kappa shape index (κ2) is 10.1. The van der Waals surface area contributed by atoms with Crippen molar-refractivity contribution in [1.29, 1.82) is 0 Å². The fraction of sp³-hybridized carbons (Fsp3) is 0.259. The molecule has 0 unspecified atom stereocenters. The second-order valence-electron chi connectivity index (χ2n) is 8.94. The molecule has 0 bridgehead atoms. The lowest BCUT2D eigenvalue weighted by Crippen LogP contribution is -2.38. The van der Waals surface area contributed by atoms with Gasteiger partial charge in [-0.2, -0.15) is 4.31 Å². The molecule has 5 rings (SSSR count). The number of anilines is 1. The lowest BCUT2D eigenvalue weighted by Gasteiger charge is -2.30. The molecule has 1 amide bonds. The quantitative estimate of drug-likeness (QED) is 0.387. The van der Waals surface area contributed by atoms with E-state index in [0.29, 0.717) is 37.4 Å². The molecule has 0 aliphatic carbocycles. The lowest BCUT2D eigenvalue weighted by atomic mass is 9.97. The minimum Gasteiger partial charge on any atom is -0.483 e. The molecule has 2 heterocycles. The Labute approximate surface area is 210 Å².